The van der Waals surface area contributed by atoms with Crippen molar-refractivity contribution in [1.29, 1.82) is 0 Å². The van der Waals surface area contributed by atoms with Gasteiger partial charge in [-0.1, -0.05) is 19.2 Å². The van der Waals surface area contributed by atoms with Crippen LogP contribution in [-0.2, 0) is 0 Å². The first-order valence-corrected chi connectivity index (χ1v) is 5.60. The molecule has 0 fully saturated rings. The highest BCUT2D eigenvalue weighted by Gasteiger charge is 2.07. The first-order chi connectivity index (χ1) is 7.51. The Kier molecular flexibility index (Phi) is 7.60. The van der Waals surface area contributed by atoms with Gasteiger partial charge in [0, 0.05) is 24.0 Å². The van der Waals surface area contributed by atoms with Gasteiger partial charge in [-0.25, -0.2) is 0 Å². The molecule has 16 heavy (non-hydrogen) atoms. The molecule has 92 valence electrons. The number of allylic oxidation sites excluding steroid dienone is 3. The largest absolute Gasteiger partial charge is 0.381 e. The number of rotatable bonds is 8. The summed E-state index contributed by atoms with van der Waals surface area (Å²) in [5.41, 5.74) is 1.98. The predicted octanol–water partition coefficient (Wildman–Crippen LogP) is 2.23. The van der Waals surface area contributed by atoms with Gasteiger partial charge in [0.05, 0.1) is 6.73 Å². The molecule has 0 aromatic heterocycles. The van der Waals surface area contributed by atoms with Crippen molar-refractivity contribution in [3.05, 3.63) is 36.7 Å². The monoisotopic (exact) mass is 224 g/mol. The number of aliphatic hydroxyl groups is 1. The zero-order valence-corrected chi connectivity index (χ0v) is 10.7. The van der Waals surface area contributed by atoms with Crippen LogP contribution in [0.15, 0.2) is 36.7 Å². The van der Waals surface area contributed by atoms with Crippen molar-refractivity contribution in [2.45, 2.75) is 33.2 Å². The summed E-state index contributed by atoms with van der Waals surface area (Å²) in [6, 6.07) is 0.350. The Labute approximate surface area is 99.2 Å². The van der Waals surface area contributed by atoms with Crippen LogP contribution in [0.3, 0.4) is 0 Å². The molecule has 0 rings (SSSR count). The van der Waals surface area contributed by atoms with Gasteiger partial charge in [0.15, 0.2) is 0 Å². The third-order valence-electron chi connectivity index (χ3n) is 2.35. The molecule has 0 atom stereocenters. The van der Waals surface area contributed by atoms with E-state index in [0.29, 0.717) is 6.04 Å². The maximum Gasteiger partial charge on any atom is 0.0958 e. The molecule has 0 unspecified atom stereocenters. The molecule has 0 saturated carbocycles. The second-order valence-corrected chi connectivity index (χ2v) is 4.11. The average Bonchev–Trinajstić information content (AvgIpc) is 2.18. The van der Waals surface area contributed by atoms with Crippen LogP contribution in [0, 0.1) is 0 Å². The molecular formula is C13H24N2O. The topological polar surface area (TPSA) is 35.5 Å². The Morgan fingerprint density at radius 3 is 2.56 bits per heavy atom. The lowest BCUT2D eigenvalue weighted by atomic mass is 10.2. The Balaban J connectivity index is 3.97. The third kappa shape index (κ3) is 6.43. The molecule has 0 amide bonds. The van der Waals surface area contributed by atoms with E-state index < -0.39 is 0 Å². The van der Waals surface area contributed by atoms with E-state index in [-0.39, 0.29) is 6.73 Å². The van der Waals surface area contributed by atoms with Crippen LogP contribution in [0.1, 0.15) is 27.2 Å². The van der Waals surface area contributed by atoms with Crippen LogP contribution < -0.4 is 5.32 Å². The second kappa shape index (κ2) is 8.13. The number of aliphatic hydroxyl groups excluding tert-OH is 1. The zero-order valence-electron chi connectivity index (χ0n) is 10.7. The molecule has 3 nitrogen and oxygen atoms in total. The van der Waals surface area contributed by atoms with Gasteiger partial charge < -0.3 is 10.4 Å². The van der Waals surface area contributed by atoms with E-state index in [2.05, 4.69) is 32.3 Å². The van der Waals surface area contributed by atoms with Crippen LogP contribution in [0.4, 0.5) is 0 Å². The molecular weight excluding hydrogens is 200 g/mol. The molecule has 2 N–H and O–H groups in total. The van der Waals surface area contributed by atoms with Crippen LogP contribution in [0.5, 0.6) is 0 Å². The molecule has 0 aromatic rings. The number of nitrogens with one attached hydrogen (secondary N) is 1. The van der Waals surface area contributed by atoms with Gasteiger partial charge in [-0.05, 0) is 33.3 Å². The van der Waals surface area contributed by atoms with Crippen molar-refractivity contribution in [1.82, 2.24) is 10.2 Å². The molecule has 0 saturated heterocycles. The Bertz CT molecular complexity index is 257. The smallest absolute Gasteiger partial charge is 0.0958 e. The molecule has 0 radical (unpaired) electrons. The van der Waals surface area contributed by atoms with Crippen LogP contribution in [0.2, 0.25) is 0 Å². The van der Waals surface area contributed by atoms with Crippen LogP contribution in [0.25, 0.3) is 0 Å². The zero-order chi connectivity index (χ0) is 12.6. The molecule has 0 aliphatic carbocycles. The maximum atomic E-state index is 9.13. The van der Waals surface area contributed by atoms with Gasteiger partial charge in [0.1, 0.15) is 0 Å². The molecule has 0 bridgehead atoms. The van der Waals surface area contributed by atoms with Gasteiger partial charge in [0.2, 0.25) is 0 Å². The average molecular weight is 224 g/mol. The van der Waals surface area contributed by atoms with E-state index in [0.717, 1.165) is 24.4 Å². The van der Waals surface area contributed by atoms with E-state index in [9.17, 15) is 0 Å². The van der Waals surface area contributed by atoms with E-state index >= 15 is 0 Å². The molecule has 0 heterocycles. The fourth-order valence-corrected chi connectivity index (χ4v) is 1.33. The molecule has 3 heteroatoms. The normalized spacial score (nSPS) is 12.0. The summed E-state index contributed by atoms with van der Waals surface area (Å²) >= 11 is 0. The van der Waals surface area contributed by atoms with E-state index in [1.165, 1.54) is 0 Å². The lowest BCUT2D eigenvalue weighted by Gasteiger charge is -2.24. The fourth-order valence-electron chi connectivity index (χ4n) is 1.33. The summed E-state index contributed by atoms with van der Waals surface area (Å²) in [5, 5.41) is 12.3. The number of hydrogen-bond donors (Lipinski definition) is 2. The van der Waals surface area contributed by atoms with Gasteiger partial charge in [-0.3, -0.25) is 4.90 Å². The molecule has 0 aliphatic rings. The number of hydrogen-bond acceptors (Lipinski definition) is 3. The SMILES string of the molecule is C=C/C=C(\C)NC(=C)CCN(CO)C(C)C. The Hall–Kier alpha value is -1.06. The van der Waals surface area contributed by atoms with Crippen LogP contribution in [-0.4, -0.2) is 29.3 Å². The van der Waals surface area contributed by atoms with E-state index in [1.807, 2.05) is 17.9 Å². The molecule has 0 aliphatic heterocycles. The minimum absolute atomic E-state index is 0.0897. The minimum Gasteiger partial charge on any atom is -0.381 e. The quantitative estimate of drug-likeness (QED) is 0.490. The van der Waals surface area contributed by atoms with E-state index in [1.54, 1.807) is 6.08 Å². The third-order valence-corrected chi connectivity index (χ3v) is 2.35. The van der Waals surface area contributed by atoms with Crippen molar-refractivity contribution < 1.29 is 5.11 Å². The predicted molar refractivity (Wildman–Crippen MR) is 69.8 cm³/mol. The van der Waals surface area contributed by atoms with Crippen molar-refractivity contribution in [2.24, 2.45) is 0 Å². The lowest BCUT2D eigenvalue weighted by Crippen LogP contribution is -2.33. The second-order valence-electron chi connectivity index (χ2n) is 4.11. The summed E-state index contributed by atoms with van der Waals surface area (Å²) in [4.78, 5) is 1.99. The summed E-state index contributed by atoms with van der Waals surface area (Å²) in [6.45, 7) is 14.6. The highest BCUT2D eigenvalue weighted by molar-refractivity contribution is 5.11. The summed E-state index contributed by atoms with van der Waals surface area (Å²) in [5.74, 6) is 0. The summed E-state index contributed by atoms with van der Waals surface area (Å²) in [7, 11) is 0. The first-order valence-electron chi connectivity index (χ1n) is 5.60. The van der Waals surface area contributed by atoms with Crippen LogP contribution >= 0.6 is 0 Å². The van der Waals surface area contributed by atoms with Crippen molar-refractivity contribution in [2.75, 3.05) is 13.3 Å². The highest BCUT2D eigenvalue weighted by atomic mass is 16.3. The first kappa shape index (κ1) is 14.9. The van der Waals surface area contributed by atoms with Gasteiger partial charge >= 0.3 is 0 Å². The summed E-state index contributed by atoms with van der Waals surface area (Å²) < 4.78 is 0. The van der Waals surface area contributed by atoms with Gasteiger partial charge in [-0.15, -0.1) is 0 Å². The van der Waals surface area contributed by atoms with Crippen molar-refractivity contribution in [3.8, 4) is 0 Å². The number of nitrogens with zero attached hydrogens (tertiary/aromatic N) is 1. The van der Waals surface area contributed by atoms with Crippen molar-refractivity contribution in [3.63, 3.8) is 0 Å². The lowest BCUT2D eigenvalue weighted by molar-refractivity contribution is 0.0814. The Morgan fingerprint density at radius 1 is 1.50 bits per heavy atom. The molecule has 0 aromatic carbocycles. The van der Waals surface area contributed by atoms with Gasteiger partial charge in [0.25, 0.3) is 0 Å². The minimum atomic E-state index is 0.0897. The summed E-state index contributed by atoms with van der Waals surface area (Å²) in [6.07, 6.45) is 4.46. The van der Waals surface area contributed by atoms with Gasteiger partial charge in [-0.2, -0.15) is 0 Å². The highest BCUT2D eigenvalue weighted by Crippen LogP contribution is 2.03. The molecule has 0 spiro atoms. The van der Waals surface area contributed by atoms with Crippen molar-refractivity contribution >= 4 is 0 Å². The standard InChI is InChI=1S/C13H24N2O/c1-6-7-12(4)14-13(5)8-9-15(10-16)11(2)3/h6-7,11,14,16H,1,5,8-10H2,2-4H3/b12-7+. The maximum absolute atomic E-state index is 9.13. The fraction of sp³-hybridized carbons (Fsp3) is 0.538. The van der Waals surface area contributed by atoms with E-state index in [4.69, 9.17) is 5.11 Å². The Morgan fingerprint density at radius 2 is 2.12 bits per heavy atom.